The molecule has 1 aromatic heterocycles. The third-order valence-corrected chi connectivity index (χ3v) is 1.29. The Morgan fingerprint density at radius 2 is 2.21 bits per heavy atom. The summed E-state index contributed by atoms with van der Waals surface area (Å²) in [7, 11) is 1.71. The molecule has 8 heteroatoms. The third kappa shape index (κ3) is 3.09. The molecule has 1 heterocycles. The molecule has 0 spiro atoms. The second kappa shape index (κ2) is 4.21. The van der Waals surface area contributed by atoms with E-state index in [1.807, 2.05) is 0 Å². The molecular weight excluding hydrogens is 184 g/mol. The Kier molecular flexibility index (Phi) is 3.00. The Labute approximate surface area is 80.5 Å². The van der Waals surface area contributed by atoms with Gasteiger partial charge in [0.2, 0.25) is 5.96 Å². The highest BCUT2D eigenvalue weighted by Crippen LogP contribution is 1.92. The molecular formula is C6H12N8. The fourth-order valence-electron chi connectivity index (χ4n) is 0.790. The number of nitrogens with two attached hydrogens (primary N) is 3. The minimum atomic E-state index is -0.120. The summed E-state index contributed by atoms with van der Waals surface area (Å²) >= 11 is 0. The van der Waals surface area contributed by atoms with Crippen molar-refractivity contribution < 1.29 is 0 Å². The predicted octanol–water partition coefficient (Wildman–Crippen LogP) is -2.10. The first kappa shape index (κ1) is 9.96. The number of hydrogen-bond acceptors (Lipinski definition) is 3. The van der Waals surface area contributed by atoms with Crippen molar-refractivity contribution in [3.8, 4) is 0 Å². The molecule has 0 aliphatic rings. The van der Waals surface area contributed by atoms with Crippen LogP contribution in [0.2, 0.25) is 0 Å². The zero-order valence-corrected chi connectivity index (χ0v) is 7.75. The lowest BCUT2D eigenvalue weighted by molar-refractivity contribution is 0.645. The van der Waals surface area contributed by atoms with Gasteiger partial charge in [-0.3, -0.25) is 0 Å². The van der Waals surface area contributed by atoms with Crippen molar-refractivity contribution in [3.63, 3.8) is 0 Å². The lowest BCUT2D eigenvalue weighted by atomic mass is 10.5. The van der Waals surface area contributed by atoms with E-state index in [1.54, 1.807) is 13.2 Å². The monoisotopic (exact) mass is 196 g/mol. The van der Waals surface area contributed by atoms with Gasteiger partial charge in [0.1, 0.15) is 5.69 Å². The molecule has 6 N–H and O–H groups in total. The van der Waals surface area contributed by atoms with Crippen molar-refractivity contribution in [2.75, 3.05) is 0 Å². The van der Waals surface area contributed by atoms with Crippen LogP contribution in [-0.2, 0) is 13.6 Å². The second-order valence-electron chi connectivity index (χ2n) is 2.54. The number of rotatable bonds is 2. The van der Waals surface area contributed by atoms with E-state index >= 15 is 0 Å². The molecule has 8 nitrogen and oxygen atoms in total. The van der Waals surface area contributed by atoms with Gasteiger partial charge in [-0.05, 0) is 0 Å². The molecule has 0 saturated carbocycles. The zero-order chi connectivity index (χ0) is 10.6. The van der Waals surface area contributed by atoms with Crippen molar-refractivity contribution in [2.45, 2.75) is 6.54 Å². The molecule has 0 saturated heterocycles. The lowest BCUT2D eigenvalue weighted by Crippen LogP contribution is -2.26. The number of aliphatic imine (C=N–C) groups is 2. The minimum Gasteiger partial charge on any atom is -0.370 e. The van der Waals surface area contributed by atoms with Crippen molar-refractivity contribution in [1.82, 2.24) is 15.0 Å². The van der Waals surface area contributed by atoms with Crippen LogP contribution in [0, 0.1) is 0 Å². The van der Waals surface area contributed by atoms with Crippen LogP contribution in [0.25, 0.3) is 0 Å². The topological polar surface area (TPSA) is 133 Å². The normalized spacial score (nSPS) is 11.4. The number of nitrogens with zero attached hydrogens (tertiary/aromatic N) is 5. The standard InChI is InChI=1S/C6H12N8/c1-14-11-3-4(13-14)2-10-6(9)12-5(7)8/h3H,2H2,1H3,(H6,7,8,9,10,12). The Morgan fingerprint density at radius 3 is 2.71 bits per heavy atom. The molecule has 0 aromatic carbocycles. The average Bonchev–Trinajstić information content (AvgIpc) is 2.47. The van der Waals surface area contributed by atoms with Crippen molar-refractivity contribution in [1.29, 1.82) is 0 Å². The van der Waals surface area contributed by atoms with Crippen LogP contribution in [0.15, 0.2) is 16.2 Å². The fraction of sp³-hybridized carbons (Fsp3) is 0.333. The maximum Gasteiger partial charge on any atom is 0.218 e. The van der Waals surface area contributed by atoms with Crippen molar-refractivity contribution in [2.24, 2.45) is 34.2 Å². The maximum atomic E-state index is 5.38. The second-order valence-corrected chi connectivity index (χ2v) is 2.54. The van der Waals surface area contributed by atoms with Gasteiger partial charge in [0.25, 0.3) is 0 Å². The van der Waals surface area contributed by atoms with E-state index in [1.165, 1.54) is 4.80 Å². The van der Waals surface area contributed by atoms with Gasteiger partial charge in [-0.15, -0.1) is 0 Å². The van der Waals surface area contributed by atoms with Crippen molar-refractivity contribution in [3.05, 3.63) is 11.9 Å². The number of hydrogen-bond donors (Lipinski definition) is 3. The van der Waals surface area contributed by atoms with Gasteiger partial charge in [0.15, 0.2) is 5.96 Å². The Morgan fingerprint density at radius 1 is 1.50 bits per heavy atom. The SMILES string of the molecule is Cn1ncc(CN=C(N)N=C(N)N)n1. The van der Waals surface area contributed by atoms with Gasteiger partial charge >= 0.3 is 0 Å². The molecule has 1 aromatic rings. The highest BCUT2D eigenvalue weighted by molar-refractivity contribution is 5.92. The van der Waals surface area contributed by atoms with Gasteiger partial charge in [-0.1, -0.05) is 0 Å². The summed E-state index contributed by atoms with van der Waals surface area (Å²) in [6, 6.07) is 0. The molecule has 0 radical (unpaired) electrons. The molecule has 0 aliphatic heterocycles. The van der Waals surface area contributed by atoms with Gasteiger partial charge in [-0.2, -0.15) is 20.0 Å². The molecule has 1 rings (SSSR count). The van der Waals surface area contributed by atoms with Gasteiger partial charge < -0.3 is 17.2 Å². The maximum absolute atomic E-state index is 5.38. The smallest absolute Gasteiger partial charge is 0.218 e. The van der Waals surface area contributed by atoms with Crippen LogP contribution in [0.4, 0.5) is 0 Å². The van der Waals surface area contributed by atoms with Gasteiger partial charge in [-0.25, -0.2) is 4.99 Å². The predicted molar refractivity (Wildman–Crippen MR) is 52.1 cm³/mol. The molecule has 0 bridgehead atoms. The highest BCUT2D eigenvalue weighted by Gasteiger charge is 1.96. The fourth-order valence-corrected chi connectivity index (χ4v) is 0.790. The van der Waals surface area contributed by atoms with Crippen LogP contribution in [0.5, 0.6) is 0 Å². The van der Waals surface area contributed by atoms with Crippen LogP contribution >= 0.6 is 0 Å². The summed E-state index contributed by atoms with van der Waals surface area (Å²) in [5.41, 5.74) is 16.3. The first-order chi connectivity index (χ1) is 6.58. The Bertz CT molecular complexity index is 358. The summed E-state index contributed by atoms with van der Waals surface area (Å²) in [6.45, 7) is 0.302. The quantitative estimate of drug-likeness (QED) is 0.368. The highest BCUT2D eigenvalue weighted by atomic mass is 15.4. The van der Waals surface area contributed by atoms with Gasteiger partial charge in [0.05, 0.1) is 12.7 Å². The minimum absolute atomic E-state index is 0.0238. The van der Waals surface area contributed by atoms with E-state index in [-0.39, 0.29) is 11.9 Å². The van der Waals surface area contributed by atoms with Crippen LogP contribution in [0.1, 0.15) is 5.69 Å². The van der Waals surface area contributed by atoms with Crippen LogP contribution in [-0.4, -0.2) is 26.9 Å². The summed E-state index contributed by atoms with van der Waals surface area (Å²) in [5, 5.41) is 7.86. The molecule has 0 fully saturated rings. The molecule has 0 unspecified atom stereocenters. The third-order valence-electron chi connectivity index (χ3n) is 1.29. The van der Waals surface area contributed by atoms with E-state index in [4.69, 9.17) is 17.2 Å². The average molecular weight is 196 g/mol. The van der Waals surface area contributed by atoms with Crippen LogP contribution in [0.3, 0.4) is 0 Å². The first-order valence-corrected chi connectivity index (χ1v) is 3.82. The first-order valence-electron chi connectivity index (χ1n) is 3.82. The van der Waals surface area contributed by atoms with E-state index < -0.39 is 0 Å². The zero-order valence-electron chi connectivity index (χ0n) is 7.75. The summed E-state index contributed by atoms with van der Waals surface area (Å²) < 4.78 is 0. The van der Waals surface area contributed by atoms with E-state index in [9.17, 15) is 0 Å². The Balaban J connectivity index is 2.59. The molecule has 76 valence electrons. The van der Waals surface area contributed by atoms with Crippen LogP contribution < -0.4 is 17.2 Å². The molecule has 14 heavy (non-hydrogen) atoms. The lowest BCUT2D eigenvalue weighted by Gasteiger charge is -1.92. The number of guanidine groups is 2. The largest absolute Gasteiger partial charge is 0.370 e. The van der Waals surface area contributed by atoms with Crippen molar-refractivity contribution >= 4 is 11.9 Å². The molecule has 0 atom stereocenters. The number of aromatic nitrogens is 3. The van der Waals surface area contributed by atoms with E-state index in [0.717, 1.165) is 0 Å². The summed E-state index contributed by atoms with van der Waals surface area (Å²) in [6.07, 6.45) is 1.59. The summed E-state index contributed by atoms with van der Waals surface area (Å²) in [5.74, 6) is -0.0963. The molecule has 0 aliphatic carbocycles. The molecule has 0 amide bonds. The Hall–Kier alpha value is -2.12. The van der Waals surface area contributed by atoms with E-state index in [2.05, 4.69) is 20.2 Å². The van der Waals surface area contributed by atoms with E-state index in [0.29, 0.717) is 12.2 Å². The van der Waals surface area contributed by atoms with Gasteiger partial charge in [0, 0.05) is 7.05 Å². The number of aryl methyl sites for hydroxylation is 1. The summed E-state index contributed by atoms with van der Waals surface area (Å²) in [4.78, 5) is 8.86.